The summed E-state index contributed by atoms with van der Waals surface area (Å²) in [5.74, 6) is -1.26. The van der Waals surface area contributed by atoms with Gasteiger partial charge in [-0.15, -0.1) is 6.58 Å². The number of hydrogen-bond acceptors (Lipinski definition) is 11. The molecule has 11 nitrogen and oxygen atoms in total. The Hall–Kier alpha value is -2.09. The number of carbonyl (C=O) groups is 5. The molecule has 1 aliphatic rings. The van der Waals surface area contributed by atoms with Gasteiger partial charge in [0, 0.05) is 11.5 Å². The van der Waals surface area contributed by atoms with Gasteiger partial charge in [0.1, 0.15) is 5.92 Å². The zero-order valence-electron chi connectivity index (χ0n) is 21.3. The first-order valence-corrected chi connectivity index (χ1v) is 14.1. The summed E-state index contributed by atoms with van der Waals surface area (Å²) in [6, 6.07) is -0.782. The van der Waals surface area contributed by atoms with Crippen molar-refractivity contribution in [3.63, 3.8) is 0 Å². The largest absolute Gasteiger partial charge is 0.469 e. The summed E-state index contributed by atoms with van der Waals surface area (Å²) < 4.78 is 8.95. The Labute approximate surface area is 220 Å². The summed E-state index contributed by atoms with van der Waals surface area (Å²) in [5, 5.41) is 19.4. The zero-order valence-corrected chi connectivity index (χ0v) is 23.0. The first kappa shape index (κ1) is 33.9. The molecule has 36 heavy (non-hydrogen) atoms. The molecule has 0 aromatic rings. The average molecular weight is 551 g/mol. The van der Waals surface area contributed by atoms with Gasteiger partial charge >= 0.3 is 18.0 Å². The molecule has 206 valence electrons. The second-order valence-electron chi connectivity index (χ2n) is 7.68. The van der Waals surface area contributed by atoms with E-state index in [0.29, 0.717) is 37.2 Å². The van der Waals surface area contributed by atoms with Crippen molar-refractivity contribution in [2.75, 3.05) is 38.8 Å². The van der Waals surface area contributed by atoms with Crippen LogP contribution in [0.2, 0.25) is 0 Å². The summed E-state index contributed by atoms with van der Waals surface area (Å²) in [6.07, 6.45) is 1.45. The van der Waals surface area contributed by atoms with Gasteiger partial charge in [0.05, 0.1) is 52.4 Å². The van der Waals surface area contributed by atoms with Gasteiger partial charge in [0.2, 0.25) is 11.8 Å². The number of β-amino-alcohol motifs (C(OH)–C–C–N with tert-alkyl or cyclic N) is 2. The molecular weight excluding hydrogens is 512 g/mol. The lowest BCUT2D eigenvalue weighted by atomic mass is 9.98. The minimum absolute atomic E-state index is 0.113. The first-order chi connectivity index (χ1) is 17.1. The van der Waals surface area contributed by atoms with Crippen molar-refractivity contribution >= 4 is 51.4 Å². The van der Waals surface area contributed by atoms with E-state index in [1.807, 2.05) is 0 Å². The Balaban J connectivity index is 0.000000757. The Kier molecular flexibility index (Phi) is 18.0. The van der Waals surface area contributed by atoms with Gasteiger partial charge in [-0.25, -0.2) is 4.79 Å². The Bertz CT molecular complexity index is 697. The molecule has 0 spiro atoms. The number of esters is 2. The summed E-state index contributed by atoms with van der Waals surface area (Å²) in [5.41, 5.74) is 0. The Morgan fingerprint density at radius 2 is 1.31 bits per heavy atom. The third kappa shape index (κ3) is 12.2. The van der Waals surface area contributed by atoms with Crippen molar-refractivity contribution in [3.8, 4) is 0 Å². The fourth-order valence-corrected chi connectivity index (χ4v) is 4.72. The molecule has 0 bridgehead atoms. The maximum atomic E-state index is 12.4. The number of carbonyl (C=O) groups excluding carboxylic acids is 5. The fraction of sp³-hybridized carbons (Fsp3) is 0.696. The molecule has 0 radical (unpaired) electrons. The highest BCUT2D eigenvalue weighted by atomic mass is 33.1. The quantitative estimate of drug-likeness (QED) is 0.101. The lowest BCUT2D eigenvalue weighted by Crippen LogP contribution is -2.62. The molecule has 0 aliphatic carbocycles. The number of allylic oxidation sites excluding steroid dienone is 1. The number of hydrogen-bond donors (Lipinski definition) is 2. The number of ether oxygens (including phenoxy) is 2. The molecule has 0 saturated carbocycles. The lowest BCUT2D eigenvalue weighted by Gasteiger charge is -2.38. The van der Waals surface area contributed by atoms with Gasteiger partial charge in [0.15, 0.2) is 0 Å². The average Bonchev–Trinajstić information content (AvgIpc) is 2.88. The molecule has 0 aromatic heterocycles. The maximum absolute atomic E-state index is 12.4. The molecule has 13 heteroatoms. The summed E-state index contributed by atoms with van der Waals surface area (Å²) >= 11 is 0. The van der Waals surface area contributed by atoms with Crippen LogP contribution in [0.5, 0.6) is 0 Å². The second kappa shape index (κ2) is 19.1. The standard InChI is InChI=1S/C15H24N2O5.C8H14O4S2/c1-4-7-12-13(20)16(8-10(18)5-2)15(22)17(14(12)21)9-11(19)6-3;1-11-7(9)3-5-13-14-6-4-8(10)12-2/h4,10-12,18-19H,1,5-9H2,2-3H3;3-6H2,1-2H3. The van der Waals surface area contributed by atoms with E-state index in [1.54, 1.807) is 35.4 Å². The van der Waals surface area contributed by atoms with Gasteiger partial charge in [-0.2, -0.15) is 0 Å². The summed E-state index contributed by atoms with van der Waals surface area (Å²) in [7, 11) is 5.86. The number of amides is 4. The molecule has 2 unspecified atom stereocenters. The predicted molar refractivity (Wildman–Crippen MR) is 138 cm³/mol. The van der Waals surface area contributed by atoms with Crippen molar-refractivity contribution in [3.05, 3.63) is 12.7 Å². The normalized spacial score (nSPS) is 17.2. The van der Waals surface area contributed by atoms with E-state index in [2.05, 4.69) is 16.1 Å². The number of urea groups is 1. The van der Waals surface area contributed by atoms with E-state index in [1.165, 1.54) is 20.3 Å². The molecule has 4 amide bonds. The number of rotatable bonds is 15. The van der Waals surface area contributed by atoms with Gasteiger partial charge in [-0.3, -0.25) is 29.0 Å². The molecule has 1 aliphatic heterocycles. The number of imide groups is 2. The topological polar surface area (TPSA) is 151 Å². The van der Waals surface area contributed by atoms with Crippen molar-refractivity contribution < 1.29 is 43.7 Å². The summed E-state index contributed by atoms with van der Waals surface area (Å²) in [6.45, 7) is 6.67. The molecular formula is C23H38N2O9S2. The highest BCUT2D eigenvalue weighted by Crippen LogP contribution is 2.23. The summed E-state index contributed by atoms with van der Waals surface area (Å²) in [4.78, 5) is 60.2. The molecule has 2 atom stereocenters. The smallest absolute Gasteiger partial charge is 0.333 e. The number of methoxy groups -OCH3 is 2. The molecule has 1 fully saturated rings. The minimum Gasteiger partial charge on any atom is -0.469 e. The van der Waals surface area contributed by atoms with E-state index in [-0.39, 0.29) is 31.4 Å². The van der Waals surface area contributed by atoms with Crippen molar-refractivity contribution in [1.82, 2.24) is 9.80 Å². The number of nitrogens with zero attached hydrogens (tertiary/aromatic N) is 2. The molecule has 1 heterocycles. The van der Waals surface area contributed by atoms with Crippen LogP contribution in [-0.4, -0.2) is 101 Å². The second-order valence-corrected chi connectivity index (χ2v) is 10.4. The lowest BCUT2D eigenvalue weighted by molar-refractivity contribution is -0.151. The van der Waals surface area contributed by atoms with Crippen LogP contribution in [0.15, 0.2) is 12.7 Å². The van der Waals surface area contributed by atoms with Crippen LogP contribution in [0.25, 0.3) is 0 Å². The molecule has 1 saturated heterocycles. The molecule has 1 rings (SSSR count). The van der Waals surface area contributed by atoms with Crippen LogP contribution < -0.4 is 0 Å². The van der Waals surface area contributed by atoms with Crippen LogP contribution in [0.4, 0.5) is 4.79 Å². The van der Waals surface area contributed by atoms with Crippen LogP contribution in [0.1, 0.15) is 46.0 Å². The van der Waals surface area contributed by atoms with E-state index in [4.69, 9.17) is 0 Å². The predicted octanol–water partition coefficient (Wildman–Crippen LogP) is 2.01. The van der Waals surface area contributed by atoms with Gasteiger partial charge in [-0.1, -0.05) is 41.5 Å². The SMILES string of the molecule is C=CCC1C(=O)N(CC(O)CC)C(=O)N(CC(O)CC)C1=O.COC(=O)CCSSCCC(=O)OC. The van der Waals surface area contributed by atoms with Crippen LogP contribution in [0, 0.1) is 5.92 Å². The van der Waals surface area contributed by atoms with Crippen LogP contribution in [-0.2, 0) is 28.7 Å². The number of aliphatic hydroxyl groups is 2. The van der Waals surface area contributed by atoms with Crippen molar-refractivity contribution in [2.45, 2.75) is 58.2 Å². The van der Waals surface area contributed by atoms with Gasteiger partial charge in [0.25, 0.3) is 0 Å². The third-order valence-corrected chi connectivity index (χ3v) is 7.45. The Morgan fingerprint density at radius 3 is 1.61 bits per heavy atom. The van der Waals surface area contributed by atoms with Crippen molar-refractivity contribution in [1.29, 1.82) is 0 Å². The highest BCUT2D eigenvalue weighted by molar-refractivity contribution is 8.76. The van der Waals surface area contributed by atoms with E-state index >= 15 is 0 Å². The third-order valence-electron chi connectivity index (χ3n) is 5.04. The van der Waals surface area contributed by atoms with Gasteiger partial charge in [-0.05, 0) is 19.3 Å². The number of barbiturate groups is 1. The van der Waals surface area contributed by atoms with E-state index in [0.717, 1.165) is 9.80 Å². The highest BCUT2D eigenvalue weighted by Gasteiger charge is 2.45. The molecule has 0 aromatic carbocycles. The van der Waals surface area contributed by atoms with Crippen molar-refractivity contribution in [2.24, 2.45) is 5.92 Å². The first-order valence-electron chi connectivity index (χ1n) is 11.6. The van der Waals surface area contributed by atoms with Crippen LogP contribution >= 0.6 is 21.6 Å². The van der Waals surface area contributed by atoms with E-state index < -0.39 is 36.0 Å². The molecule has 2 N–H and O–H groups in total. The van der Waals surface area contributed by atoms with Crippen LogP contribution in [0.3, 0.4) is 0 Å². The maximum Gasteiger partial charge on any atom is 0.333 e. The minimum atomic E-state index is -1.02. The Morgan fingerprint density at radius 1 is 0.917 bits per heavy atom. The van der Waals surface area contributed by atoms with Gasteiger partial charge < -0.3 is 19.7 Å². The number of aliphatic hydroxyl groups excluding tert-OH is 2. The monoisotopic (exact) mass is 550 g/mol. The zero-order chi connectivity index (χ0) is 27.7. The fourth-order valence-electron chi connectivity index (χ4n) is 2.77. The van der Waals surface area contributed by atoms with E-state index in [9.17, 15) is 34.2 Å².